The van der Waals surface area contributed by atoms with E-state index in [4.69, 9.17) is 4.74 Å². The van der Waals surface area contributed by atoms with Gasteiger partial charge in [0.15, 0.2) is 6.29 Å². The number of imidazole rings is 1. The molecule has 0 fully saturated rings. The van der Waals surface area contributed by atoms with Gasteiger partial charge in [-0.3, -0.25) is 4.79 Å². The van der Waals surface area contributed by atoms with E-state index in [9.17, 15) is 4.79 Å². The highest BCUT2D eigenvalue weighted by Crippen LogP contribution is 2.32. The molecule has 3 aromatic rings. The maximum absolute atomic E-state index is 11.3. The summed E-state index contributed by atoms with van der Waals surface area (Å²) in [6, 6.07) is 7.49. The molecule has 6 heteroatoms. The molecule has 0 aliphatic heterocycles. The molecule has 2 heterocycles. The molecule has 0 radical (unpaired) electrons. The van der Waals surface area contributed by atoms with Crippen LogP contribution in [0.3, 0.4) is 0 Å². The number of methoxy groups -OCH3 is 1. The molecule has 0 unspecified atom stereocenters. The molecule has 0 spiro atoms. The summed E-state index contributed by atoms with van der Waals surface area (Å²) >= 11 is 1.45. The zero-order valence-electron chi connectivity index (χ0n) is 10.5. The van der Waals surface area contributed by atoms with Crippen LogP contribution in [0.2, 0.25) is 0 Å². The summed E-state index contributed by atoms with van der Waals surface area (Å²) in [5.74, 6) is 0.688. The number of aldehydes is 1. The second-order valence-electron chi connectivity index (χ2n) is 3.98. The largest absolute Gasteiger partial charge is 0.496 e. The first-order valence-electron chi connectivity index (χ1n) is 5.69. The maximum atomic E-state index is 11.3. The lowest BCUT2D eigenvalue weighted by atomic mass is 10.1. The highest BCUT2D eigenvalue weighted by molar-refractivity contribution is 7.16. The van der Waals surface area contributed by atoms with Gasteiger partial charge in [0.1, 0.15) is 22.1 Å². The highest BCUT2D eigenvalue weighted by atomic mass is 32.1. The number of fused-ring (bicyclic) bond motifs is 1. The summed E-state index contributed by atoms with van der Waals surface area (Å²) in [4.78, 5) is 16.5. The van der Waals surface area contributed by atoms with Crippen LogP contribution in [0.15, 0.2) is 24.3 Å². The van der Waals surface area contributed by atoms with Gasteiger partial charge in [-0.25, -0.2) is 4.98 Å². The smallest absolute Gasteiger partial charge is 0.213 e. The van der Waals surface area contributed by atoms with Gasteiger partial charge in [0.05, 0.1) is 7.11 Å². The van der Waals surface area contributed by atoms with Crippen LogP contribution < -0.4 is 4.74 Å². The summed E-state index contributed by atoms with van der Waals surface area (Å²) in [6.45, 7) is 1.89. The average Bonchev–Trinajstić information content (AvgIpc) is 2.94. The summed E-state index contributed by atoms with van der Waals surface area (Å²) in [7, 11) is 1.60. The van der Waals surface area contributed by atoms with Crippen molar-refractivity contribution in [3.8, 4) is 17.0 Å². The third kappa shape index (κ3) is 1.80. The van der Waals surface area contributed by atoms with Gasteiger partial charge in [-0.2, -0.15) is 9.61 Å². The lowest BCUT2D eigenvalue weighted by molar-refractivity contribution is 0.111. The third-order valence-corrected chi connectivity index (χ3v) is 3.64. The Balaban J connectivity index is 2.30. The van der Waals surface area contributed by atoms with Gasteiger partial charge in [-0.15, -0.1) is 0 Å². The van der Waals surface area contributed by atoms with Crippen molar-refractivity contribution in [2.24, 2.45) is 0 Å². The Kier molecular flexibility index (Phi) is 2.79. The Labute approximate surface area is 113 Å². The minimum absolute atomic E-state index is 0.448. The fourth-order valence-corrected chi connectivity index (χ4v) is 2.75. The van der Waals surface area contributed by atoms with E-state index < -0.39 is 0 Å². The van der Waals surface area contributed by atoms with Crippen molar-refractivity contribution in [3.63, 3.8) is 0 Å². The van der Waals surface area contributed by atoms with Gasteiger partial charge in [0.25, 0.3) is 0 Å². The fraction of sp³-hybridized carbons (Fsp3) is 0.154. The van der Waals surface area contributed by atoms with E-state index in [1.54, 1.807) is 11.6 Å². The van der Waals surface area contributed by atoms with Crippen molar-refractivity contribution < 1.29 is 9.53 Å². The molecule has 5 nitrogen and oxygen atoms in total. The number of ether oxygens (including phenoxy) is 1. The highest BCUT2D eigenvalue weighted by Gasteiger charge is 2.18. The second kappa shape index (κ2) is 4.47. The first kappa shape index (κ1) is 11.9. The van der Waals surface area contributed by atoms with E-state index in [1.807, 2.05) is 31.2 Å². The van der Waals surface area contributed by atoms with Crippen molar-refractivity contribution in [2.45, 2.75) is 6.92 Å². The van der Waals surface area contributed by atoms with Crippen molar-refractivity contribution in [1.82, 2.24) is 14.6 Å². The van der Waals surface area contributed by atoms with Gasteiger partial charge in [0, 0.05) is 5.56 Å². The molecule has 96 valence electrons. The minimum atomic E-state index is 0.448. The molecular weight excluding hydrogens is 262 g/mol. The zero-order valence-corrected chi connectivity index (χ0v) is 11.3. The van der Waals surface area contributed by atoms with E-state index in [1.165, 1.54) is 11.3 Å². The lowest BCUT2D eigenvalue weighted by Crippen LogP contribution is -1.95. The minimum Gasteiger partial charge on any atom is -0.496 e. The normalized spacial score (nSPS) is 10.8. The number of hydrogen-bond donors (Lipinski definition) is 0. The van der Waals surface area contributed by atoms with Crippen LogP contribution in [-0.2, 0) is 0 Å². The summed E-state index contributed by atoms with van der Waals surface area (Å²) < 4.78 is 6.89. The van der Waals surface area contributed by atoms with Crippen LogP contribution in [0.4, 0.5) is 0 Å². The molecule has 0 bridgehead atoms. The monoisotopic (exact) mass is 273 g/mol. The summed E-state index contributed by atoms with van der Waals surface area (Å²) in [5.41, 5.74) is 1.84. The van der Waals surface area contributed by atoms with E-state index in [0.29, 0.717) is 22.1 Å². The van der Waals surface area contributed by atoms with Crippen molar-refractivity contribution in [1.29, 1.82) is 0 Å². The molecule has 1 aromatic carbocycles. The van der Waals surface area contributed by atoms with Crippen molar-refractivity contribution in [3.05, 3.63) is 35.0 Å². The lowest BCUT2D eigenvalue weighted by Gasteiger charge is -2.05. The molecule has 0 saturated carbocycles. The van der Waals surface area contributed by atoms with Crippen LogP contribution in [0.25, 0.3) is 16.2 Å². The topological polar surface area (TPSA) is 56.5 Å². The summed E-state index contributed by atoms with van der Waals surface area (Å²) in [5, 5.41) is 5.16. The number of hydrogen-bond acceptors (Lipinski definition) is 5. The van der Waals surface area contributed by atoms with E-state index >= 15 is 0 Å². The Morgan fingerprint density at radius 3 is 2.89 bits per heavy atom. The summed E-state index contributed by atoms with van der Waals surface area (Å²) in [6.07, 6.45) is 0.779. The SMILES string of the molecule is COc1ccccc1-c1nc2sc(C)nn2c1C=O. The van der Waals surface area contributed by atoms with Gasteiger partial charge >= 0.3 is 0 Å². The van der Waals surface area contributed by atoms with E-state index in [-0.39, 0.29) is 0 Å². The fourth-order valence-electron chi connectivity index (χ4n) is 2.00. The van der Waals surface area contributed by atoms with Crippen LogP contribution >= 0.6 is 11.3 Å². The molecule has 0 saturated heterocycles. The number of nitrogens with zero attached hydrogens (tertiary/aromatic N) is 3. The number of carbonyl (C=O) groups excluding carboxylic acids is 1. The van der Waals surface area contributed by atoms with Gasteiger partial charge in [0.2, 0.25) is 4.96 Å². The van der Waals surface area contributed by atoms with Crippen LogP contribution in [0.1, 0.15) is 15.5 Å². The van der Waals surface area contributed by atoms with Gasteiger partial charge < -0.3 is 4.74 Å². The number of rotatable bonds is 3. The predicted octanol–water partition coefficient (Wildman–Crippen LogP) is 2.59. The van der Waals surface area contributed by atoms with Gasteiger partial charge in [-0.05, 0) is 19.1 Å². The Bertz CT molecular complexity index is 760. The number of aryl methyl sites for hydroxylation is 1. The first-order valence-corrected chi connectivity index (χ1v) is 6.51. The molecule has 3 rings (SSSR count). The molecule has 0 N–H and O–H groups in total. The molecule has 0 aliphatic rings. The standard InChI is InChI=1S/C13H11N3O2S/c1-8-15-16-10(7-17)12(14-13(16)19-8)9-5-3-4-6-11(9)18-2/h3-7H,1-2H3. The van der Waals surface area contributed by atoms with Crippen LogP contribution in [0, 0.1) is 6.92 Å². The number of benzene rings is 1. The molecule has 0 aliphatic carbocycles. The van der Waals surface area contributed by atoms with Crippen LogP contribution in [0.5, 0.6) is 5.75 Å². The second-order valence-corrected chi connectivity index (χ2v) is 5.14. The number of carbonyl (C=O) groups is 1. The third-order valence-electron chi connectivity index (χ3n) is 2.81. The van der Waals surface area contributed by atoms with E-state index in [2.05, 4.69) is 10.1 Å². The predicted molar refractivity (Wildman–Crippen MR) is 73.0 cm³/mol. The number of para-hydroxylation sites is 1. The van der Waals surface area contributed by atoms with Gasteiger partial charge in [-0.1, -0.05) is 23.5 Å². The average molecular weight is 273 g/mol. The van der Waals surface area contributed by atoms with E-state index in [0.717, 1.165) is 16.9 Å². The number of aromatic nitrogens is 3. The molecule has 0 amide bonds. The van der Waals surface area contributed by atoms with Crippen molar-refractivity contribution >= 4 is 22.6 Å². The maximum Gasteiger partial charge on any atom is 0.213 e. The Morgan fingerprint density at radius 2 is 2.16 bits per heavy atom. The Hall–Kier alpha value is -2.21. The first-order chi connectivity index (χ1) is 9.24. The van der Waals surface area contributed by atoms with Crippen molar-refractivity contribution in [2.75, 3.05) is 7.11 Å². The molecule has 2 aromatic heterocycles. The Morgan fingerprint density at radius 1 is 1.37 bits per heavy atom. The molecule has 19 heavy (non-hydrogen) atoms. The van der Waals surface area contributed by atoms with Crippen LogP contribution in [-0.4, -0.2) is 28.0 Å². The quantitative estimate of drug-likeness (QED) is 0.688. The molecular formula is C13H11N3O2S. The zero-order chi connectivity index (χ0) is 13.4. The molecule has 0 atom stereocenters.